The number of hydrogen-bond acceptors (Lipinski definition) is 7. The second-order valence-electron chi connectivity index (χ2n) is 7.99. The molecule has 0 amide bonds. The van der Waals surface area contributed by atoms with Gasteiger partial charge >= 0.3 is 0 Å². The van der Waals surface area contributed by atoms with E-state index in [9.17, 15) is 25.9 Å². The minimum absolute atomic E-state index is 0.0965. The molecule has 4 rings (SSSR count). The van der Waals surface area contributed by atoms with Gasteiger partial charge in [0.25, 0.3) is 24.3 Å². The van der Waals surface area contributed by atoms with Gasteiger partial charge in [0.1, 0.15) is 0 Å². The number of anilines is 2. The Morgan fingerprint density at radius 1 is 0.909 bits per heavy atom. The molecule has 2 aliphatic heterocycles. The number of hydrazine groups is 1. The molecular weight excluding hydrogens is 466 g/mol. The van der Waals surface area contributed by atoms with Gasteiger partial charge in [0, 0.05) is 23.3 Å². The molecule has 4 N–H and O–H groups in total. The second-order valence-corrected chi connectivity index (χ2v) is 11.5. The van der Waals surface area contributed by atoms with Gasteiger partial charge in [-0.3, -0.25) is 19.5 Å². The molecule has 11 heteroatoms. The van der Waals surface area contributed by atoms with Crippen molar-refractivity contribution in [2.75, 3.05) is 17.4 Å². The highest BCUT2D eigenvalue weighted by Gasteiger charge is 2.61. The number of hydrogen-bond donors (Lipinski definition) is 4. The van der Waals surface area contributed by atoms with E-state index in [4.69, 9.17) is 0 Å². The Bertz CT molecular complexity index is 1360. The van der Waals surface area contributed by atoms with E-state index in [1.54, 1.807) is 12.1 Å². The standard InChI is InChI=1S/C22H25N3O6S2/c1-3-14-7-5-9-16-11-18-19(23-13-22(18,32(26,27)28)33(29,30)31)12-17-10-6-8-15(4-2)21(17)25-24-20(14)16/h5-11,24-25H,3-4,12-13H2,1-2H3,(H,26,27,28)(H,29,30,31). The summed E-state index contributed by atoms with van der Waals surface area (Å²) in [7, 11) is -10.6. The first-order valence-electron chi connectivity index (χ1n) is 10.5. The summed E-state index contributed by atoms with van der Waals surface area (Å²) >= 11 is 0. The van der Waals surface area contributed by atoms with Crippen molar-refractivity contribution < 1.29 is 25.9 Å². The minimum Gasteiger partial charge on any atom is -0.300 e. The van der Waals surface area contributed by atoms with Gasteiger partial charge in [-0.2, -0.15) is 16.8 Å². The smallest absolute Gasteiger partial charge is 0.294 e. The number of nitrogens with one attached hydrogen (secondary N) is 2. The fraction of sp³-hybridized carbons (Fsp3) is 0.318. The van der Waals surface area contributed by atoms with Crippen LogP contribution in [0.5, 0.6) is 0 Å². The van der Waals surface area contributed by atoms with Crippen LogP contribution in [-0.2, 0) is 39.5 Å². The Kier molecular flexibility index (Phi) is 5.85. The molecule has 0 aliphatic carbocycles. The third-order valence-corrected chi connectivity index (χ3v) is 9.81. The molecule has 2 heterocycles. The van der Waals surface area contributed by atoms with Gasteiger partial charge < -0.3 is 5.43 Å². The largest absolute Gasteiger partial charge is 0.300 e. The molecule has 0 aromatic heterocycles. The average molecular weight is 492 g/mol. The summed E-state index contributed by atoms with van der Waals surface area (Å²) in [6.45, 7) is 3.12. The van der Waals surface area contributed by atoms with Gasteiger partial charge in [0.2, 0.25) is 0 Å². The van der Waals surface area contributed by atoms with E-state index in [-0.39, 0.29) is 17.7 Å². The molecular formula is C22H25N3O6S2. The van der Waals surface area contributed by atoms with E-state index < -0.39 is 30.9 Å². The molecule has 0 radical (unpaired) electrons. The van der Waals surface area contributed by atoms with Crippen LogP contribution in [0.4, 0.5) is 11.4 Å². The van der Waals surface area contributed by atoms with Crippen molar-refractivity contribution in [2.24, 2.45) is 4.99 Å². The zero-order valence-electron chi connectivity index (χ0n) is 18.2. The summed E-state index contributed by atoms with van der Waals surface area (Å²) in [5, 5.41) is 0. The van der Waals surface area contributed by atoms with Gasteiger partial charge in [0.15, 0.2) is 0 Å². The Balaban J connectivity index is 2.07. The zero-order chi connectivity index (χ0) is 24.0. The van der Waals surface area contributed by atoms with E-state index in [1.165, 1.54) is 6.08 Å². The topological polar surface area (TPSA) is 145 Å². The number of nitrogens with zero attached hydrogens (tertiary/aromatic N) is 1. The molecule has 176 valence electrons. The highest BCUT2D eigenvalue weighted by molar-refractivity contribution is 8.05. The maximum absolute atomic E-state index is 12.5. The number of aliphatic imine (C=N–C) groups is 1. The van der Waals surface area contributed by atoms with Crippen LogP contribution in [0, 0.1) is 0 Å². The maximum atomic E-state index is 12.5. The van der Waals surface area contributed by atoms with E-state index >= 15 is 0 Å². The van der Waals surface area contributed by atoms with E-state index in [0.717, 1.165) is 28.8 Å². The van der Waals surface area contributed by atoms with Gasteiger partial charge in [-0.25, -0.2) is 0 Å². The lowest BCUT2D eigenvalue weighted by molar-refractivity contribution is 0.440. The van der Waals surface area contributed by atoms with Crippen LogP contribution in [0.1, 0.15) is 36.1 Å². The number of aryl methyl sites for hydroxylation is 2. The molecule has 2 aromatic rings. The minimum atomic E-state index is -5.31. The predicted octanol–water partition coefficient (Wildman–Crippen LogP) is 3.12. The van der Waals surface area contributed by atoms with Crippen molar-refractivity contribution in [1.82, 2.24) is 0 Å². The van der Waals surface area contributed by atoms with Gasteiger partial charge in [-0.05, 0) is 35.6 Å². The van der Waals surface area contributed by atoms with Crippen molar-refractivity contribution >= 4 is 43.4 Å². The highest BCUT2D eigenvalue weighted by atomic mass is 32.3. The molecule has 0 fully saturated rings. The fourth-order valence-electron chi connectivity index (χ4n) is 4.41. The Hall–Kier alpha value is -2.73. The molecule has 0 unspecified atom stereocenters. The van der Waals surface area contributed by atoms with Crippen molar-refractivity contribution in [3.63, 3.8) is 0 Å². The summed E-state index contributed by atoms with van der Waals surface area (Å²) in [6.07, 6.45) is 2.83. The van der Waals surface area contributed by atoms with E-state index in [0.29, 0.717) is 17.7 Å². The first-order valence-corrected chi connectivity index (χ1v) is 13.4. The molecule has 0 bridgehead atoms. The first kappa shape index (κ1) is 23.4. The molecule has 2 aliphatic rings. The summed E-state index contributed by atoms with van der Waals surface area (Å²) in [6, 6.07) is 11.0. The van der Waals surface area contributed by atoms with Crippen LogP contribution in [0.25, 0.3) is 6.08 Å². The number of rotatable bonds is 4. The molecule has 0 saturated heterocycles. The normalized spacial score (nSPS) is 17.5. The highest BCUT2D eigenvalue weighted by Crippen LogP contribution is 2.41. The maximum Gasteiger partial charge on any atom is 0.294 e. The summed E-state index contributed by atoms with van der Waals surface area (Å²) in [5.41, 5.74) is 10.9. The Morgan fingerprint density at radius 3 is 2.09 bits per heavy atom. The molecule has 0 spiro atoms. The molecule has 33 heavy (non-hydrogen) atoms. The van der Waals surface area contributed by atoms with Crippen molar-refractivity contribution in [3.05, 3.63) is 64.2 Å². The molecule has 0 atom stereocenters. The molecule has 9 nitrogen and oxygen atoms in total. The van der Waals surface area contributed by atoms with Crippen LogP contribution in [0.2, 0.25) is 0 Å². The Labute approximate surface area is 193 Å². The van der Waals surface area contributed by atoms with Crippen molar-refractivity contribution in [3.8, 4) is 0 Å². The zero-order valence-corrected chi connectivity index (χ0v) is 19.8. The van der Waals surface area contributed by atoms with Gasteiger partial charge in [-0.15, -0.1) is 0 Å². The van der Waals surface area contributed by atoms with E-state index in [2.05, 4.69) is 15.8 Å². The first-order chi connectivity index (χ1) is 15.5. The molecule has 0 saturated carbocycles. The van der Waals surface area contributed by atoms with Crippen molar-refractivity contribution in [2.45, 2.75) is 37.2 Å². The summed E-state index contributed by atoms with van der Waals surface area (Å²) in [5.74, 6) is 0. The van der Waals surface area contributed by atoms with Gasteiger partial charge in [-0.1, -0.05) is 50.2 Å². The lowest BCUT2D eigenvalue weighted by atomic mass is 9.94. The third kappa shape index (κ3) is 3.74. The van der Waals surface area contributed by atoms with Crippen LogP contribution in [0.3, 0.4) is 0 Å². The van der Waals surface area contributed by atoms with Crippen molar-refractivity contribution in [1.29, 1.82) is 0 Å². The predicted molar refractivity (Wildman–Crippen MR) is 129 cm³/mol. The Morgan fingerprint density at radius 2 is 1.48 bits per heavy atom. The lowest BCUT2D eigenvalue weighted by Gasteiger charge is -2.26. The van der Waals surface area contributed by atoms with E-state index in [1.807, 2.05) is 38.1 Å². The quantitative estimate of drug-likeness (QED) is 0.477. The third-order valence-electron chi connectivity index (χ3n) is 6.18. The summed E-state index contributed by atoms with van der Waals surface area (Å²) in [4.78, 5) is 4.21. The lowest BCUT2D eigenvalue weighted by Crippen LogP contribution is -2.49. The second kappa shape index (κ2) is 8.24. The molecule has 2 aromatic carbocycles. The van der Waals surface area contributed by atoms with Crippen LogP contribution >= 0.6 is 0 Å². The number of benzene rings is 2. The van der Waals surface area contributed by atoms with Crippen LogP contribution < -0.4 is 10.9 Å². The number of fused-ring (bicyclic) bond motifs is 3. The average Bonchev–Trinajstić information content (AvgIpc) is 3.12. The summed E-state index contributed by atoms with van der Waals surface area (Å²) < 4.78 is 67.0. The fourth-order valence-corrected chi connectivity index (χ4v) is 6.84. The SMILES string of the molecule is CCc1cccc2c1NNc1c(CC)cccc1CC1=NCC(S(=O)(=O)O)(S(=O)(=O)O)C1=C2. The van der Waals surface area contributed by atoms with Crippen LogP contribution in [-0.4, -0.2) is 42.3 Å². The number of para-hydroxylation sites is 2. The monoisotopic (exact) mass is 491 g/mol. The van der Waals surface area contributed by atoms with Gasteiger partial charge in [0.05, 0.1) is 17.9 Å². The van der Waals surface area contributed by atoms with Crippen LogP contribution in [0.15, 0.2) is 47.0 Å².